The molecule has 1 aromatic carbocycles. The number of nitrogens with two attached hydrogens (primary N) is 2. The molecule has 2 unspecified atom stereocenters. The van der Waals surface area contributed by atoms with Crippen LogP contribution in [0.2, 0.25) is 0 Å². The maximum atomic E-state index is 11.3. The van der Waals surface area contributed by atoms with Crippen LogP contribution in [0.1, 0.15) is 26.2 Å². The molecule has 0 aliphatic carbocycles. The number of benzene rings is 1. The highest BCUT2D eigenvalue weighted by Gasteiger charge is 2.27. The lowest BCUT2D eigenvalue weighted by molar-refractivity contribution is -0.123. The first-order valence-corrected chi connectivity index (χ1v) is 7.58. The molecule has 5 nitrogen and oxygen atoms in total. The highest BCUT2D eigenvalue weighted by atomic mass is 16.5. The molecule has 1 aromatic rings. The third kappa shape index (κ3) is 4.63. The largest absolute Gasteiger partial charge is 0.493 e. The zero-order chi connectivity index (χ0) is 15.2. The van der Waals surface area contributed by atoms with Gasteiger partial charge >= 0.3 is 0 Å². The monoisotopic (exact) mass is 291 g/mol. The van der Waals surface area contributed by atoms with Crippen LogP contribution in [-0.2, 0) is 4.79 Å². The van der Waals surface area contributed by atoms with Crippen molar-refractivity contribution in [3.05, 3.63) is 24.3 Å². The average molecular weight is 291 g/mol. The van der Waals surface area contributed by atoms with Gasteiger partial charge < -0.3 is 16.2 Å². The third-order valence-corrected chi connectivity index (χ3v) is 4.13. The maximum absolute atomic E-state index is 11.3. The van der Waals surface area contributed by atoms with E-state index in [0.717, 1.165) is 38.1 Å². The molecule has 1 heterocycles. The second-order valence-electron chi connectivity index (χ2n) is 5.80. The number of nitrogen functional groups attached to an aromatic ring is 1. The molecule has 21 heavy (non-hydrogen) atoms. The van der Waals surface area contributed by atoms with Gasteiger partial charge in [0.15, 0.2) is 0 Å². The minimum Gasteiger partial charge on any atom is -0.493 e. The van der Waals surface area contributed by atoms with Crippen LogP contribution in [0, 0.1) is 5.92 Å². The normalized spacial score (nSPS) is 22.9. The molecule has 0 saturated carbocycles. The lowest BCUT2D eigenvalue weighted by atomic mass is 9.93. The number of hydrogen-bond donors (Lipinski definition) is 2. The van der Waals surface area contributed by atoms with E-state index in [1.807, 2.05) is 24.3 Å². The minimum atomic E-state index is -0.178. The Bertz CT molecular complexity index is 478. The van der Waals surface area contributed by atoms with E-state index in [9.17, 15) is 4.79 Å². The smallest absolute Gasteiger partial charge is 0.221 e. The summed E-state index contributed by atoms with van der Waals surface area (Å²) in [6, 6.07) is 7.96. The molecule has 5 heteroatoms. The number of carbonyl (C=O) groups is 1. The Kier molecular flexibility index (Phi) is 5.44. The molecule has 1 fully saturated rings. The molecule has 0 bridgehead atoms. The summed E-state index contributed by atoms with van der Waals surface area (Å²) in [6.07, 6.45) is 2.86. The highest BCUT2D eigenvalue weighted by Crippen LogP contribution is 2.22. The summed E-state index contributed by atoms with van der Waals surface area (Å²) in [6.45, 7) is 4.55. The topological polar surface area (TPSA) is 81.6 Å². The fourth-order valence-corrected chi connectivity index (χ4v) is 2.79. The summed E-state index contributed by atoms with van der Waals surface area (Å²) < 4.78 is 5.69. The molecular formula is C16H25N3O2. The molecule has 116 valence electrons. The van der Waals surface area contributed by atoms with Gasteiger partial charge in [-0.1, -0.05) is 6.07 Å². The van der Waals surface area contributed by atoms with Crippen molar-refractivity contribution in [2.45, 2.75) is 32.2 Å². The first kappa shape index (κ1) is 15.6. The maximum Gasteiger partial charge on any atom is 0.221 e. The Morgan fingerprint density at radius 3 is 2.95 bits per heavy atom. The van der Waals surface area contributed by atoms with E-state index in [0.29, 0.717) is 18.3 Å². The zero-order valence-corrected chi connectivity index (χ0v) is 12.6. The van der Waals surface area contributed by atoms with Gasteiger partial charge in [-0.05, 0) is 38.3 Å². The van der Waals surface area contributed by atoms with Gasteiger partial charge in [-0.15, -0.1) is 0 Å². The number of likely N-dealkylation sites (tertiary alicyclic amines) is 1. The van der Waals surface area contributed by atoms with Crippen molar-refractivity contribution in [2.75, 3.05) is 25.4 Å². The number of primary amides is 1. The molecule has 0 spiro atoms. The second-order valence-corrected chi connectivity index (χ2v) is 5.80. The minimum absolute atomic E-state index is 0.00367. The number of hydrogen-bond acceptors (Lipinski definition) is 4. The predicted molar refractivity (Wildman–Crippen MR) is 83.9 cm³/mol. The van der Waals surface area contributed by atoms with E-state index in [2.05, 4.69) is 11.8 Å². The van der Waals surface area contributed by atoms with E-state index >= 15 is 0 Å². The van der Waals surface area contributed by atoms with Gasteiger partial charge in [0.25, 0.3) is 0 Å². The predicted octanol–water partition coefficient (Wildman–Crippen LogP) is 1.62. The lowest BCUT2D eigenvalue weighted by Gasteiger charge is -2.36. The van der Waals surface area contributed by atoms with Crippen LogP contribution in [-0.4, -0.2) is 36.5 Å². The van der Waals surface area contributed by atoms with Crippen molar-refractivity contribution in [1.29, 1.82) is 0 Å². The highest BCUT2D eigenvalue weighted by molar-refractivity contribution is 5.76. The van der Waals surface area contributed by atoms with E-state index in [4.69, 9.17) is 16.2 Å². The van der Waals surface area contributed by atoms with Crippen LogP contribution < -0.4 is 16.2 Å². The van der Waals surface area contributed by atoms with Crippen molar-refractivity contribution < 1.29 is 9.53 Å². The Labute approximate surface area is 126 Å². The van der Waals surface area contributed by atoms with Crippen LogP contribution in [0.4, 0.5) is 5.69 Å². The van der Waals surface area contributed by atoms with Gasteiger partial charge in [-0.2, -0.15) is 0 Å². The number of ether oxygens (including phenoxy) is 1. The van der Waals surface area contributed by atoms with E-state index < -0.39 is 0 Å². The van der Waals surface area contributed by atoms with Gasteiger partial charge in [-0.25, -0.2) is 0 Å². The first-order chi connectivity index (χ1) is 10.1. The van der Waals surface area contributed by atoms with Crippen molar-refractivity contribution in [3.63, 3.8) is 0 Å². The lowest BCUT2D eigenvalue weighted by Crippen LogP contribution is -2.46. The van der Waals surface area contributed by atoms with E-state index in [1.165, 1.54) is 0 Å². The van der Waals surface area contributed by atoms with E-state index in [-0.39, 0.29) is 11.8 Å². The van der Waals surface area contributed by atoms with E-state index in [1.54, 1.807) is 0 Å². The number of nitrogens with zero attached hydrogens (tertiary/aromatic N) is 1. The Hall–Kier alpha value is -1.75. The zero-order valence-electron chi connectivity index (χ0n) is 12.6. The summed E-state index contributed by atoms with van der Waals surface area (Å²) in [5, 5.41) is 0. The molecule has 1 saturated heterocycles. The standard InChI is InChI=1S/C16H25N3O2/c1-12-6-7-13(16(18)20)11-19(12)8-3-9-21-15-5-2-4-14(17)10-15/h2,4-5,10,12-13H,3,6-9,11,17H2,1H3,(H2,18,20). The summed E-state index contributed by atoms with van der Waals surface area (Å²) in [5.41, 5.74) is 11.8. The SMILES string of the molecule is CC1CCC(C(N)=O)CN1CCCOc1cccc(N)c1. The molecular weight excluding hydrogens is 266 g/mol. The quantitative estimate of drug-likeness (QED) is 0.616. The van der Waals surface area contributed by atoms with Gasteiger partial charge in [0.2, 0.25) is 5.91 Å². The first-order valence-electron chi connectivity index (χ1n) is 7.58. The van der Waals surface area contributed by atoms with Gasteiger partial charge in [0.1, 0.15) is 5.75 Å². The van der Waals surface area contributed by atoms with Gasteiger partial charge in [-0.3, -0.25) is 9.69 Å². The van der Waals surface area contributed by atoms with Gasteiger partial charge in [0.05, 0.1) is 12.5 Å². The molecule has 4 N–H and O–H groups in total. The summed E-state index contributed by atoms with van der Waals surface area (Å²) in [5.74, 6) is 0.621. The molecule has 0 radical (unpaired) electrons. The number of carbonyl (C=O) groups excluding carboxylic acids is 1. The molecule has 2 rings (SSSR count). The number of rotatable bonds is 6. The molecule has 1 amide bonds. The van der Waals surface area contributed by atoms with Crippen molar-refractivity contribution in [3.8, 4) is 5.75 Å². The van der Waals surface area contributed by atoms with Crippen molar-refractivity contribution in [2.24, 2.45) is 11.7 Å². The fourth-order valence-electron chi connectivity index (χ4n) is 2.79. The van der Waals surface area contributed by atoms with Crippen LogP contribution >= 0.6 is 0 Å². The van der Waals surface area contributed by atoms with Crippen LogP contribution in [0.25, 0.3) is 0 Å². The fraction of sp³-hybridized carbons (Fsp3) is 0.562. The summed E-state index contributed by atoms with van der Waals surface area (Å²) >= 11 is 0. The van der Waals surface area contributed by atoms with Gasteiger partial charge in [0, 0.05) is 30.9 Å². The number of anilines is 1. The molecule has 1 aliphatic heterocycles. The van der Waals surface area contributed by atoms with Crippen molar-refractivity contribution in [1.82, 2.24) is 4.90 Å². The number of piperidine rings is 1. The van der Waals surface area contributed by atoms with Crippen molar-refractivity contribution >= 4 is 11.6 Å². The Morgan fingerprint density at radius 1 is 1.43 bits per heavy atom. The molecule has 1 aliphatic rings. The Morgan fingerprint density at radius 2 is 2.24 bits per heavy atom. The van der Waals surface area contributed by atoms with Crippen LogP contribution in [0.15, 0.2) is 24.3 Å². The summed E-state index contributed by atoms with van der Waals surface area (Å²) in [7, 11) is 0. The van der Waals surface area contributed by atoms with Crippen LogP contribution in [0.5, 0.6) is 5.75 Å². The molecule has 0 aromatic heterocycles. The average Bonchev–Trinajstić information content (AvgIpc) is 2.45. The summed E-state index contributed by atoms with van der Waals surface area (Å²) in [4.78, 5) is 13.6. The third-order valence-electron chi connectivity index (χ3n) is 4.13. The second kappa shape index (κ2) is 7.31. The molecule has 2 atom stereocenters. The van der Waals surface area contributed by atoms with Crippen LogP contribution in [0.3, 0.4) is 0 Å². The Balaban J connectivity index is 1.73. The number of amides is 1.